The molecule has 0 bridgehead atoms. The van der Waals surface area contributed by atoms with Gasteiger partial charge in [-0.15, -0.1) is 0 Å². The summed E-state index contributed by atoms with van der Waals surface area (Å²) in [5.41, 5.74) is 5.21. The molecule has 0 aliphatic rings. The minimum absolute atomic E-state index is 0.0171. The molecule has 0 aliphatic heterocycles. The monoisotopic (exact) mass is 215 g/mol. The maximum Gasteiger partial charge on any atom is 0.236 e. The number of likely N-dealkylation sites (N-methyl/N-ethyl adjacent to an activating group) is 1. The number of nitrogens with zero attached hydrogens (tertiary/aromatic N) is 2. The average molecular weight is 215 g/mol. The molecular weight excluding hydrogens is 194 g/mol. The zero-order valence-corrected chi connectivity index (χ0v) is 9.99. The predicted octanol–water partition coefficient (Wildman–Crippen LogP) is -0.340. The summed E-state index contributed by atoms with van der Waals surface area (Å²) < 4.78 is 0. The Morgan fingerprint density at radius 1 is 1.33 bits per heavy atom. The summed E-state index contributed by atoms with van der Waals surface area (Å²) in [5, 5.41) is 0. The van der Waals surface area contributed by atoms with E-state index in [1.54, 1.807) is 25.9 Å². The highest BCUT2D eigenvalue weighted by Crippen LogP contribution is 2.00. The van der Waals surface area contributed by atoms with E-state index < -0.39 is 11.9 Å². The quantitative estimate of drug-likeness (QED) is 0.659. The molecule has 0 aromatic carbocycles. The summed E-state index contributed by atoms with van der Waals surface area (Å²) in [6.07, 6.45) is 0.887. The van der Waals surface area contributed by atoms with Crippen molar-refractivity contribution in [3.8, 4) is 0 Å². The Morgan fingerprint density at radius 3 is 2.20 bits per heavy atom. The van der Waals surface area contributed by atoms with Crippen LogP contribution < -0.4 is 5.73 Å². The first kappa shape index (κ1) is 13.9. The topological polar surface area (TPSA) is 66.6 Å². The standard InChI is InChI=1S/C10H21N3O2/c1-5-6-13(8(2)10(11)15)7-9(14)12(3)4/h8H,5-7H2,1-4H3,(H2,11,15). The second-order valence-corrected chi connectivity index (χ2v) is 3.84. The number of hydrogen-bond donors (Lipinski definition) is 1. The fraction of sp³-hybridized carbons (Fsp3) is 0.800. The highest BCUT2D eigenvalue weighted by molar-refractivity contribution is 5.82. The second kappa shape index (κ2) is 6.40. The van der Waals surface area contributed by atoms with Crippen molar-refractivity contribution in [2.45, 2.75) is 26.3 Å². The summed E-state index contributed by atoms with van der Waals surface area (Å²) in [7, 11) is 3.39. The molecule has 1 unspecified atom stereocenters. The Labute approximate surface area is 91.2 Å². The van der Waals surface area contributed by atoms with Gasteiger partial charge in [0.15, 0.2) is 0 Å². The number of carbonyl (C=O) groups excluding carboxylic acids is 2. The Bertz CT molecular complexity index is 229. The van der Waals surface area contributed by atoms with Crippen molar-refractivity contribution in [3.05, 3.63) is 0 Å². The Kier molecular flexibility index (Phi) is 5.93. The molecule has 5 heteroatoms. The molecule has 0 spiro atoms. The summed E-state index contributed by atoms with van der Waals surface area (Å²) in [6.45, 7) is 4.66. The molecule has 88 valence electrons. The van der Waals surface area contributed by atoms with E-state index in [0.29, 0.717) is 6.54 Å². The van der Waals surface area contributed by atoms with Gasteiger partial charge in [0.25, 0.3) is 0 Å². The second-order valence-electron chi connectivity index (χ2n) is 3.84. The summed E-state index contributed by atoms with van der Waals surface area (Å²) in [4.78, 5) is 25.8. The molecule has 0 fully saturated rings. The zero-order chi connectivity index (χ0) is 12.0. The molecule has 2 amide bonds. The van der Waals surface area contributed by atoms with Gasteiger partial charge in [-0.1, -0.05) is 6.92 Å². The minimum Gasteiger partial charge on any atom is -0.368 e. The first-order valence-corrected chi connectivity index (χ1v) is 5.13. The van der Waals surface area contributed by atoms with Gasteiger partial charge >= 0.3 is 0 Å². The fourth-order valence-electron chi connectivity index (χ4n) is 1.19. The van der Waals surface area contributed by atoms with Crippen LogP contribution in [0.2, 0.25) is 0 Å². The third-order valence-corrected chi connectivity index (χ3v) is 2.31. The molecule has 0 radical (unpaired) electrons. The van der Waals surface area contributed by atoms with Gasteiger partial charge in [-0.2, -0.15) is 0 Å². The van der Waals surface area contributed by atoms with Crippen LogP contribution in [0.1, 0.15) is 20.3 Å². The first-order valence-electron chi connectivity index (χ1n) is 5.13. The van der Waals surface area contributed by atoms with E-state index >= 15 is 0 Å². The van der Waals surface area contributed by atoms with E-state index in [2.05, 4.69) is 0 Å². The average Bonchev–Trinajstić information content (AvgIpc) is 2.15. The number of amides is 2. The van der Waals surface area contributed by atoms with Crippen molar-refractivity contribution in [2.75, 3.05) is 27.2 Å². The molecular formula is C10H21N3O2. The van der Waals surface area contributed by atoms with E-state index in [1.165, 1.54) is 4.90 Å². The molecule has 0 aromatic rings. The lowest BCUT2D eigenvalue weighted by Crippen LogP contribution is -2.47. The number of hydrogen-bond acceptors (Lipinski definition) is 3. The van der Waals surface area contributed by atoms with Crippen molar-refractivity contribution in [1.82, 2.24) is 9.80 Å². The van der Waals surface area contributed by atoms with Crippen LogP contribution in [0.25, 0.3) is 0 Å². The lowest BCUT2D eigenvalue weighted by molar-refractivity contribution is -0.132. The molecule has 0 rings (SSSR count). The van der Waals surface area contributed by atoms with Gasteiger partial charge in [0, 0.05) is 14.1 Å². The summed E-state index contributed by atoms with van der Waals surface area (Å²) in [5.74, 6) is -0.411. The minimum atomic E-state index is -0.395. The van der Waals surface area contributed by atoms with Crippen LogP contribution in [-0.2, 0) is 9.59 Å². The summed E-state index contributed by atoms with van der Waals surface area (Å²) >= 11 is 0. The SMILES string of the molecule is CCCN(CC(=O)N(C)C)C(C)C(N)=O. The van der Waals surface area contributed by atoms with Crippen molar-refractivity contribution < 1.29 is 9.59 Å². The molecule has 0 heterocycles. The van der Waals surface area contributed by atoms with Crippen molar-refractivity contribution in [2.24, 2.45) is 5.73 Å². The Balaban J connectivity index is 4.39. The zero-order valence-electron chi connectivity index (χ0n) is 9.99. The number of primary amides is 1. The van der Waals surface area contributed by atoms with E-state index in [0.717, 1.165) is 6.42 Å². The lowest BCUT2D eigenvalue weighted by Gasteiger charge is -2.26. The molecule has 0 aromatic heterocycles. The van der Waals surface area contributed by atoms with Gasteiger partial charge in [0.05, 0.1) is 12.6 Å². The molecule has 1 atom stereocenters. The van der Waals surface area contributed by atoms with Gasteiger partial charge in [-0.3, -0.25) is 14.5 Å². The molecule has 0 saturated carbocycles. The van der Waals surface area contributed by atoms with Crippen LogP contribution in [0, 0.1) is 0 Å². The van der Waals surface area contributed by atoms with Crippen molar-refractivity contribution in [3.63, 3.8) is 0 Å². The third-order valence-electron chi connectivity index (χ3n) is 2.31. The van der Waals surface area contributed by atoms with Crippen LogP contribution in [0.4, 0.5) is 0 Å². The largest absolute Gasteiger partial charge is 0.368 e. The van der Waals surface area contributed by atoms with Crippen LogP contribution in [0.3, 0.4) is 0 Å². The maximum absolute atomic E-state index is 11.5. The molecule has 2 N–H and O–H groups in total. The predicted molar refractivity (Wildman–Crippen MR) is 59.2 cm³/mol. The van der Waals surface area contributed by atoms with E-state index in [-0.39, 0.29) is 12.5 Å². The third kappa shape index (κ3) is 4.78. The van der Waals surface area contributed by atoms with E-state index in [4.69, 9.17) is 5.73 Å². The smallest absolute Gasteiger partial charge is 0.236 e. The highest BCUT2D eigenvalue weighted by atomic mass is 16.2. The van der Waals surface area contributed by atoms with Crippen LogP contribution in [-0.4, -0.2) is 54.8 Å². The van der Waals surface area contributed by atoms with Gasteiger partial charge in [0.2, 0.25) is 11.8 Å². The first-order chi connectivity index (χ1) is 6.90. The van der Waals surface area contributed by atoms with Gasteiger partial charge in [0.1, 0.15) is 0 Å². The maximum atomic E-state index is 11.5. The molecule has 15 heavy (non-hydrogen) atoms. The number of carbonyl (C=O) groups is 2. The number of nitrogens with two attached hydrogens (primary N) is 1. The fourth-order valence-corrected chi connectivity index (χ4v) is 1.19. The van der Waals surface area contributed by atoms with E-state index in [9.17, 15) is 9.59 Å². The van der Waals surface area contributed by atoms with Crippen LogP contribution in [0.5, 0.6) is 0 Å². The van der Waals surface area contributed by atoms with Gasteiger partial charge in [-0.25, -0.2) is 0 Å². The Hall–Kier alpha value is -1.10. The highest BCUT2D eigenvalue weighted by Gasteiger charge is 2.21. The summed E-state index contributed by atoms with van der Waals surface area (Å²) in [6, 6.07) is -0.395. The number of rotatable bonds is 6. The van der Waals surface area contributed by atoms with Gasteiger partial charge in [-0.05, 0) is 19.9 Å². The normalized spacial score (nSPS) is 12.6. The lowest BCUT2D eigenvalue weighted by atomic mass is 10.2. The Morgan fingerprint density at radius 2 is 1.87 bits per heavy atom. The van der Waals surface area contributed by atoms with Gasteiger partial charge < -0.3 is 10.6 Å². The van der Waals surface area contributed by atoms with Crippen molar-refractivity contribution >= 4 is 11.8 Å². The van der Waals surface area contributed by atoms with E-state index in [1.807, 2.05) is 6.92 Å². The molecule has 0 aliphatic carbocycles. The molecule has 0 saturated heterocycles. The van der Waals surface area contributed by atoms with Crippen molar-refractivity contribution in [1.29, 1.82) is 0 Å². The van der Waals surface area contributed by atoms with Crippen LogP contribution in [0.15, 0.2) is 0 Å². The van der Waals surface area contributed by atoms with Crippen LogP contribution >= 0.6 is 0 Å². The molecule has 5 nitrogen and oxygen atoms in total.